The van der Waals surface area contributed by atoms with E-state index in [0.29, 0.717) is 12.2 Å². The van der Waals surface area contributed by atoms with E-state index in [1.165, 1.54) is 0 Å². The van der Waals surface area contributed by atoms with Gasteiger partial charge in [0.25, 0.3) is 0 Å². The van der Waals surface area contributed by atoms with Crippen LogP contribution < -0.4 is 10.0 Å². The van der Waals surface area contributed by atoms with Gasteiger partial charge in [-0.25, -0.2) is 8.42 Å². The molecule has 2 aromatic rings. The summed E-state index contributed by atoms with van der Waals surface area (Å²) in [6.07, 6.45) is 6.40. The highest BCUT2D eigenvalue weighted by atomic mass is 32.2. The van der Waals surface area contributed by atoms with Crippen LogP contribution in [0.1, 0.15) is 18.9 Å². The molecule has 1 heterocycles. The van der Waals surface area contributed by atoms with Crippen LogP contribution in [0, 0.1) is 0 Å². The minimum atomic E-state index is -3.28. The van der Waals surface area contributed by atoms with Gasteiger partial charge in [0.2, 0.25) is 10.0 Å². The number of rotatable bonds is 7. The fourth-order valence-corrected chi connectivity index (χ4v) is 2.69. The molecule has 0 saturated heterocycles. The zero-order valence-corrected chi connectivity index (χ0v) is 13.2. The topological polar surface area (TPSA) is 63.1 Å². The molecule has 0 radical (unpaired) electrons. The summed E-state index contributed by atoms with van der Waals surface area (Å²) in [4.78, 5) is 0. The van der Waals surface area contributed by atoms with Gasteiger partial charge in [0.1, 0.15) is 0 Å². The van der Waals surface area contributed by atoms with Crippen LogP contribution >= 0.6 is 0 Å². The Labute approximate surface area is 126 Å². The predicted molar refractivity (Wildman–Crippen MR) is 87.0 cm³/mol. The smallest absolute Gasteiger partial charge is 0.229 e. The van der Waals surface area contributed by atoms with Gasteiger partial charge in [0.15, 0.2) is 0 Å². The Morgan fingerprint density at radius 3 is 2.52 bits per heavy atom. The van der Waals surface area contributed by atoms with E-state index in [1.807, 2.05) is 12.1 Å². The van der Waals surface area contributed by atoms with Crippen molar-refractivity contribution in [2.75, 3.05) is 16.3 Å². The first kappa shape index (κ1) is 15.4. The normalized spacial score (nSPS) is 11.3. The van der Waals surface area contributed by atoms with Crippen molar-refractivity contribution in [2.45, 2.75) is 26.4 Å². The molecule has 5 nitrogen and oxygen atoms in total. The average molecular weight is 307 g/mol. The van der Waals surface area contributed by atoms with Gasteiger partial charge < -0.3 is 9.88 Å². The lowest BCUT2D eigenvalue weighted by atomic mass is 10.2. The second kappa shape index (κ2) is 6.67. The molecular formula is C15H21N3O2S. The fraction of sp³-hybridized carbons (Fsp3) is 0.333. The quantitative estimate of drug-likeness (QED) is 0.827. The van der Waals surface area contributed by atoms with Gasteiger partial charge in [-0.3, -0.25) is 4.72 Å². The van der Waals surface area contributed by atoms with Gasteiger partial charge in [-0.2, -0.15) is 0 Å². The molecule has 0 bridgehead atoms. The molecule has 114 valence electrons. The number of hydrogen-bond donors (Lipinski definition) is 2. The summed E-state index contributed by atoms with van der Waals surface area (Å²) < 4.78 is 27.4. The van der Waals surface area contributed by atoms with Crippen molar-refractivity contribution in [3.05, 3.63) is 48.3 Å². The maximum atomic E-state index is 11.4. The van der Waals surface area contributed by atoms with Crippen LogP contribution in [0.15, 0.2) is 42.7 Å². The SMILES string of the molecule is CCCn1ccc(CNc2ccccc2NS(C)(=O)=O)c1. The maximum Gasteiger partial charge on any atom is 0.229 e. The van der Waals surface area contributed by atoms with Gasteiger partial charge in [0, 0.05) is 25.5 Å². The summed E-state index contributed by atoms with van der Waals surface area (Å²) in [5.74, 6) is 0. The zero-order chi connectivity index (χ0) is 15.3. The number of benzene rings is 1. The molecule has 0 unspecified atom stereocenters. The Morgan fingerprint density at radius 2 is 1.86 bits per heavy atom. The third-order valence-corrected chi connectivity index (χ3v) is 3.59. The fourth-order valence-electron chi connectivity index (χ4n) is 2.12. The minimum Gasteiger partial charge on any atom is -0.379 e. The minimum absolute atomic E-state index is 0.563. The lowest BCUT2D eigenvalue weighted by Gasteiger charge is -2.12. The Bertz CT molecular complexity index is 692. The second-order valence-electron chi connectivity index (χ2n) is 5.03. The summed E-state index contributed by atoms with van der Waals surface area (Å²) in [5, 5.41) is 3.27. The standard InChI is InChI=1S/C15H21N3O2S/c1-3-9-18-10-8-13(12-18)11-16-14-6-4-5-7-15(14)17-21(2,19)20/h4-8,10,12,16-17H,3,9,11H2,1-2H3. The van der Waals surface area contributed by atoms with E-state index in [4.69, 9.17) is 0 Å². The Kier molecular flexibility index (Phi) is 4.90. The number of nitrogens with zero attached hydrogens (tertiary/aromatic N) is 1. The van der Waals surface area contributed by atoms with E-state index in [2.05, 4.69) is 40.0 Å². The molecule has 1 aromatic carbocycles. The first-order chi connectivity index (χ1) is 9.98. The van der Waals surface area contributed by atoms with Crippen molar-refractivity contribution in [3.8, 4) is 0 Å². The van der Waals surface area contributed by atoms with Crippen LogP contribution in [0.3, 0.4) is 0 Å². The summed E-state index contributed by atoms with van der Waals surface area (Å²) >= 11 is 0. The van der Waals surface area contributed by atoms with Crippen molar-refractivity contribution in [3.63, 3.8) is 0 Å². The molecule has 2 rings (SSSR count). The molecule has 0 saturated carbocycles. The van der Waals surface area contributed by atoms with Crippen molar-refractivity contribution < 1.29 is 8.42 Å². The molecule has 0 spiro atoms. The molecular weight excluding hydrogens is 286 g/mol. The predicted octanol–water partition coefficient (Wildman–Crippen LogP) is 2.88. The summed E-state index contributed by atoms with van der Waals surface area (Å²) in [6, 6.07) is 9.34. The van der Waals surface area contributed by atoms with Crippen LogP contribution in [0.4, 0.5) is 11.4 Å². The van der Waals surface area contributed by atoms with Crippen molar-refractivity contribution in [1.29, 1.82) is 0 Å². The highest BCUT2D eigenvalue weighted by Gasteiger charge is 2.06. The number of aromatic nitrogens is 1. The maximum absolute atomic E-state index is 11.4. The third kappa shape index (κ3) is 4.82. The summed E-state index contributed by atoms with van der Waals surface area (Å²) in [7, 11) is -3.28. The lowest BCUT2D eigenvalue weighted by Crippen LogP contribution is -2.11. The Balaban J connectivity index is 2.05. The zero-order valence-electron chi connectivity index (χ0n) is 12.3. The van der Waals surface area contributed by atoms with E-state index >= 15 is 0 Å². The number of sulfonamides is 1. The molecule has 2 N–H and O–H groups in total. The van der Waals surface area contributed by atoms with E-state index < -0.39 is 10.0 Å². The number of aryl methyl sites for hydroxylation is 1. The number of para-hydroxylation sites is 2. The summed E-state index contributed by atoms with van der Waals surface area (Å²) in [5.41, 5.74) is 2.50. The van der Waals surface area contributed by atoms with Gasteiger partial charge in [-0.15, -0.1) is 0 Å². The number of nitrogens with one attached hydrogen (secondary N) is 2. The van der Waals surface area contributed by atoms with E-state index in [1.54, 1.807) is 12.1 Å². The van der Waals surface area contributed by atoms with Crippen LogP contribution in [0.25, 0.3) is 0 Å². The van der Waals surface area contributed by atoms with Crippen LogP contribution in [0.5, 0.6) is 0 Å². The molecule has 0 aliphatic rings. The van der Waals surface area contributed by atoms with E-state index in [9.17, 15) is 8.42 Å². The average Bonchev–Trinajstić information content (AvgIpc) is 2.84. The van der Waals surface area contributed by atoms with E-state index in [-0.39, 0.29) is 0 Å². The van der Waals surface area contributed by atoms with Gasteiger partial charge in [-0.1, -0.05) is 19.1 Å². The molecule has 0 aliphatic carbocycles. The van der Waals surface area contributed by atoms with Gasteiger partial charge in [0.05, 0.1) is 17.6 Å². The molecule has 0 fully saturated rings. The highest BCUT2D eigenvalue weighted by Crippen LogP contribution is 2.22. The van der Waals surface area contributed by atoms with Crippen LogP contribution in [-0.2, 0) is 23.1 Å². The monoisotopic (exact) mass is 307 g/mol. The Morgan fingerprint density at radius 1 is 1.14 bits per heavy atom. The van der Waals surface area contributed by atoms with Crippen molar-refractivity contribution in [1.82, 2.24) is 4.57 Å². The first-order valence-electron chi connectivity index (χ1n) is 6.93. The number of hydrogen-bond acceptors (Lipinski definition) is 3. The molecule has 0 aliphatic heterocycles. The molecule has 0 amide bonds. The van der Waals surface area contributed by atoms with Gasteiger partial charge in [-0.05, 0) is 30.2 Å². The molecule has 1 aromatic heterocycles. The first-order valence-corrected chi connectivity index (χ1v) is 8.82. The van der Waals surface area contributed by atoms with Crippen LogP contribution in [0.2, 0.25) is 0 Å². The van der Waals surface area contributed by atoms with Gasteiger partial charge >= 0.3 is 0 Å². The van der Waals surface area contributed by atoms with Crippen molar-refractivity contribution in [2.24, 2.45) is 0 Å². The Hall–Kier alpha value is -1.95. The molecule has 21 heavy (non-hydrogen) atoms. The van der Waals surface area contributed by atoms with Crippen LogP contribution in [-0.4, -0.2) is 19.2 Å². The van der Waals surface area contributed by atoms with E-state index in [0.717, 1.165) is 30.5 Å². The second-order valence-corrected chi connectivity index (χ2v) is 6.78. The number of anilines is 2. The molecule has 0 atom stereocenters. The molecule has 6 heteroatoms. The highest BCUT2D eigenvalue weighted by molar-refractivity contribution is 7.92. The summed E-state index contributed by atoms with van der Waals surface area (Å²) in [6.45, 7) is 3.80. The largest absolute Gasteiger partial charge is 0.379 e. The third-order valence-electron chi connectivity index (χ3n) is 3.00. The lowest BCUT2D eigenvalue weighted by molar-refractivity contribution is 0.607. The van der Waals surface area contributed by atoms with Crippen molar-refractivity contribution >= 4 is 21.4 Å².